The van der Waals surface area contributed by atoms with Gasteiger partial charge in [0.25, 0.3) is 0 Å². The third kappa shape index (κ3) is 5.76. The Labute approximate surface area is 156 Å². The van der Waals surface area contributed by atoms with Crippen LogP contribution in [0.5, 0.6) is 5.75 Å². The van der Waals surface area contributed by atoms with E-state index < -0.39 is 5.82 Å². The molecule has 0 bridgehead atoms. The fourth-order valence-electron chi connectivity index (χ4n) is 2.42. The number of benzene rings is 2. The smallest absolute Gasteiger partial charge is 0.238 e. The third-order valence-electron chi connectivity index (χ3n) is 3.54. The van der Waals surface area contributed by atoms with E-state index >= 15 is 0 Å². The van der Waals surface area contributed by atoms with Crippen molar-refractivity contribution in [1.82, 2.24) is 4.90 Å². The average molecular weight is 373 g/mol. The van der Waals surface area contributed by atoms with Crippen LogP contribution in [0.2, 0.25) is 0 Å². The molecule has 0 heterocycles. The van der Waals surface area contributed by atoms with E-state index in [-0.39, 0.29) is 18.2 Å². The van der Waals surface area contributed by atoms with E-state index in [9.17, 15) is 9.18 Å². The molecular formula is C19H20FN3O2S. The van der Waals surface area contributed by atoms with Crippen LogP contribution in [0, 0.1) is 17.1 Å². The summed E-state index contributed by atoms with van der Waals surface area (Å²) in [5, 5.41) is 11.6. The summed E-state index contributed by atoms with van der Waals surface area (Å²) >= 11 is 1.37. The molecule has 0 fully saturated rings. The lowest BCUT2D eigenvalue weighted by molar-refractivity contribution is -0.117. The quantitative estimate of drug-likeness (QED) is 0.717. The zero-order valence-corrected chi connectivity index (χ0v) is 15.5. The lowest BCUT2D eigenvalue weighted by Crippen LogP contribution is -2.30. The van der Waals surface area contributed by atoms with Crippen LogP contribution in [0.25, 0.3) is 0 Å². The summed E-state index contributed by atoms with van der Waals surface area (Å²) in [5.41, 5.74) is 1.44. The maximum atomic E-state index is 13.7. The maximum Gasteiger partial charge on any atom is 0.238 e. The van der Waals surface area contributed by atoms with E-state index in [2.05, 4.69) is 11.4 Å². The molecule has 5 nitrogen and oxygen atoms in total. The molecule has 2 aromatic carbocycles. The minimum atomic E-state index is -0.425. The molecule has 0 spiro atoms. The topological polar surface area (TPSA) is 65.4 Å². The van der Waals surface area contributed by atoms with Crippen LogP contribution in [0.4, 0.5) is 10.1 Å². The number of para-hydroxylation sites is 1. The highest BCUT2D eigenvalue weighted by Gasteiger charge is 2.11. The molecule has 0 atom stereocenters. The number of hydrogen-bond acceptors (Lipinski definition) is 5. The number of carbonyl (C=O) groups excluding carboxylic acids is 1. The van der Waals surface area contributed by atoms with Gasteiger partial charge in [0.1, 0.15) is 0 Å². The molecule has 0 aliphatic carbocycles. The Morgan fingerprint density at radius 1 is 1.35 bits per heavy atom. The summed E-state index contributed by atoms with van der Waals surface area (Å²) in [4.78, 5) is 14.9. The number of rotatable bonds is 8. The first-order valence-electron chi connectivity index (χ1n) is 7.93. The molecule has 1 amide bonds. The predicted octanol–water partition coefficient (Wildman–Crippen LogP) is 3.52. The first-order valence-corrected chi connectivity index (χ1v) is 8.91. The minimum Gasteiger partial charge on any atom is -0.494 e. The molecule has 136 valence electrons. The van der Waals surface area contributed by atoms with Gasteiger partial charge in [-0.2, -0.15) is 5.26 Å². The van der Waals surface area contributed by atoms with Gasteiger partial charge in [0.15, 0.2) is 11.6 Å². The Bertz CT molecular complexity index is 808. The maximum absolute atomic E-state index is 13.7. The van der Waals surface area contributed by atoms with Gasteiger partial charge in [0.05, 0.1) is 31.2 Å². The molecule has 2 rings (SSSR count). The molecular weight excluding hydrogens is 353 g/mol. The SMILES string of the molecule is COc1ccc(CN(C)CC(=O)Nc2ccccc2SCC#N)cc1F. The number of hydrogen-bond donors (Lipinski definition) is 1. The molecule has 0 unspecified atom stereocenters. The molecule has 0 radical (unpaired) electrons. The van der Waals surface area contributed by atoms with E-state index in [1.807, 2.05) is 18.2 Å². The van der Waals surface area contributed by atoms with Crippen LogP contribution in [-0.4, -0.2) is 37.3 Å². The van der Waals surface area contributed by atoms with Crippen LogP contribution in [0.15, 0.2) is 47.4 Å². The molecule has 0 saturated carbocycles. The number of ether oxygens (including phenoxy) is 1. The molecule has 2 aromatic rings. The second-order valence-corrected chi connectivity index (χ2v) is 6.65. The van der Waals surface area contributed by atoms with Gasteiger partial charge in [-0.3, -0.25) is 9.69 Å². The Balaban J connectivity index is 1.93. The van der Waals surface area contributed by atoms with E-state index in [0.717, 1.165) is 10.5 Å². The van der Waals surface area contributed by atoms with Crippen molar-refractivity contribution in [2.24, 2.45) is 0 Å². The largest absolute Gasteiger partial charge is 0.494 e. The Kier molecular flexibility index (Phi) is 7.45. The Morgan fingerprint density at radius 3 is 2.81 bits per heavy atom. The van der Waals surface area contributed by atoms with Gasteiger partial charge < -0.3 is 10.1 Å². The monoisotopic (exact) mass is 373 g/mol. The number of amides is 1. The van der Waals surface area contributed by atoms with Crippen LogP contribution >= 0.6 is 11.8 Å². The van der Waals surface area contributed by atoms with Crippen molar-refractivity contribution in [3.05, 3.63) is 53.8 Å². The molecule has 7 heteroatoms. The number of nitrogens with zero attached hydrogens (tertiary/aromatic N) is 2. The fourth-order valence-corrected chi connectivity index (χ4v) is 3.09. The number of likely N-dealkylation sites (N-methyl/N-ethyl adjacent to an activating group) is 1. The Morgan fingerprint density at radius 2 is 2.12 bits per heavy atom. The number of anilines is 1. The minimum absolute atomic E-state index is 0.158. The van der Waals surface area contributed by atoms with Crippen molar-refractivity contribution in [1.29, 1.82) is 5.26 Å². The van der Waals surface area contributed by atoms with Gasteiger partial charge in [-0.25, -0.2) is 4.39 Å². The summed E-state index contributed by atoms with van der Waals surface area (Å²) < 4.78 is 18.6. The highest BCUT2D eigenvalue weighted by molar-refractivity contribution is 7.99. The van der Waals surface area contributed by atoms with Crippen molar-refractivity contribution >= 4 is 23.4 Å². The van der Waals surface area contributed by atoms with E-state index in [0.29, 0.717) is 18.0 Å². The fraction of sp³-hybridized carbons (Fsp3) is 0.263. The summed E-state index contributed by atoms with van der Waals surface area (Å²) in [6.07, 6.45) is 0. The Hall–Kier alpha value is -2.56. The summed E-state index contributed by atoms with van der Waals surface area (Å²) in [5.74, 6) is -0.0890. The van der Waals surface area contributed by atoms with Gasteiger partial charge in [-0.1, -0.05) is 18.2 Å². The van der Waals surface area contributed by atoms with Gasteiger partial charge >= 0.3 is 0 Å². The standard InChI is InChI=1S/C19H20FN3O2S/c1-23(12-14-7-8-17(25-2)15(20)11-14)13-19(24)22-16-5-3-4-6-18(16)26-10-9-21/h3-8,11H,10,12-13H2,1-2H3,(H,22,24). The van der Waals surface area contributed by atoms with Crippen LogP contribution in [0.1, 0.15) is 5.56 Å². The number of carbonyl (C=O) groups is 1. The van der Waals surface area contributed by atoms with Crippen molar-refractivity contribution in [2.75, 3.05) is 31.8 Å². The van der Waals surface area contributed by atoms with E-state index in [1.54, 1.807) is 30.1 Å². The van der Waals surface area contributed by atoms with Crippen molar-refractivity contribution < 1.29 is 13.9 Å². The zero-order chi connectivity index (χ0) is 18.9. The van der Waals surface area contributed by atoms with Crippen LogP contribution in [0.3, 0.4) is 0 Å². The molecule has 0 aromatic heterocycles. The molecule has 1 N–H and O–H groups in total. The first kappa shape index (κ1) is 19.8. The highest BCUT2D eigenvalue weighted by Crippen LogP contribution is 2.26. The van der Waals surface area contributed by atoms with Crippen LogP contribution in [-0.2, 0) is 11.3 Å². The van der Waals surface area contributed by atoms with Gasteiger partial charge in [-0.15, -0.1) is 11.8 Å². The number of methoxy groups -OCH3 is 1. The third-order valence-corrected chi connectivity index (χ3v) is 4.48. The van der Waals surface area contributed by atoms with E-state index in [1.165, 1.54) is 24.9 Å². The normalized spacial score (nSPS) is 10.4. The summed E-state index contributed by atoms with van der Waals surface area (Å²) in [7, 11) is 3.21. The van der Waals surface area contributed by atoms with Crippen molar-refractivity contribution in [2.45, 2.75) is 11.4 Å². The van der Waals surface area contributed by atoms with Crippen molar-refractivity contribution in [3.63, 3.8) is 0 Å². The highest BCUT2D eigenvalue weighted by atomic mass is 32.2. The molecule has 0 aliphatic heterocycles. The molecule has 26 heavy (non-hydrogen) atoms. The molecule has 0 aliphatic rings. The van der Waals surface area contributed by atoms with Crippen LogP contribution < -0.4 is 10.1 Å². The molecule has 0 saturated heterocycles. The van der Waals surface area contributed by atoms with E-state index in [4.69, 9.17) is 10.00 Å². The predicted molar refractivity (Wildman–Crippen MR) is 101 cm³/mol. The number of nitriles is 1. The lowest BCUT2D eigenvalue weighted by atomic mass is 10.2. The number of nitrogens with one attached hydrogen (secondary N) is 1. The summed E-state index contributed by atoms with van der Waals surface area (Å²) in [6, 6.07) is 14.2. The first-order chi connectivity index (χ1) is 12.5. The number of halogens is 1. The van der Waals surface area contributed by atoms with Gasteiger partial charge in [-0.05, 0) is 36.9 Å². The van der Waals surface area contributed by atoms with Gasteiger partial charge in [0.2, 0.25) is 5.91 Å². The number of thioether (sulfide) groups is 1. The van der Waals surface area contributed by atoms with Crippen molar-refractivity contribution in [3.8, 4) is 11.8 Å². The average Bonchev–Trinajstić information content (AvgIpc) is 2.61. The summed E-state index contributed by atoms with van der Waals surface area (Å²) in [6.45, 7) is 0.587. The second kappa shape index (κ2) is 9.80. The second-order valence-electron chi connectivity index (χ2n) is 5.63. The zero-order valence-electron chi connectivity index (χ0n) is 14.7. The lowest BCUT2D eigenvalue weighted by Gasteiger charge is -2.17. The van der Waals surface area contributed by atoms with Gasteiger partial charge in [0, 0.05) is 11.4 Å².